The van der Waals surface area contributed by atoms with Crippen LogP contribution in [0.25, 0.3) is 5.76 Å². The number of amides is 1. The highest BCUT2D eigenvalue weighted by molar-refractivity contribution is 6.46. The largest absolute Gasteiger partial charge is 0.507 e. The Morgan fingerprint density at radius 3 is 2.41 bits per heavy atom. The third-order valence-electron chi connectivity index (χ3n) is 7.41. The summed E-state index contributed by atoms with van der Waals surface area (Å²) >= 11 is 0. The number of ketones is 1. The van der Waals surface area contributed by atoms with Crippen LogP contribution in [-0.4, -0.2) is 78.2 Å². The average Bonchev–Trinajstić information content (AvgIpc) is 3.26. The minimum atomic E-state index is -0.844. The number of nitrogens with zero attached hydrogens (tertiary/aromatic N) is 2. The van der Waals surface area contributed by atoms with Crippen LogP contribution >= 0.6 is 0 Å². The summed E-state index contributed by atoms with van der Waals surface area (Å²) in [6, 6.07) is 20.4. The molecule has 0 radical (unpaired) electrons. The molecule has 0 bridgehead atoms. The third-order valence-corrected chi connectivity index (χ3v) is 7.41. The van der Waals surface area contributed by atoms with E-state index < -0.39 is 17.7 Å². The molecular weight excluding hydrogens is 524 g/mol. The number of hydrogen-bond acceptors (Lipinski definition) is 8. The molecule has 1 atom stereocenters. The van der Waals surface area contributed by atoms with Gasteiger partial charge in [0.15, 0.2) is 11.5 Å². The Hall–Kier alpha value is -4.34. The first-order valence-electron chi connectivity index (χ1n) is 13.7. The van der Waals surface area contributed by atoms with Crippen molar-refractivity contribution in [1.82, 2.24) is 9.80 Å². The zero-order valence-corrected chi connectivity index (χ0v) is 23.0. The summed E-state index contributed by atoms with van der Waals surface area (Å²) < 4.78 is 16.6. The van der Waals surface area contributed by atoms with Gasteiger partial charge in [0.2, 0.25) is 0 Å². The van der Waals surface area contributed by atoms with Gasteiger partial charge in [0.25, 0.3) is 11.7 Å². The highest BCUT2D eigenvalue weighted by Crippen LogP contribution is 2.42. The molecule has 5 rings (SSSR count). The van der Waals surface area contributed by atoms with Crippen LogP contribution in [0.5, 0.6) is 17.2 Å². The van der Waals surface area contributed by atoms with Crippen molar-refractivity contribution in [3.05, 3.63) is 95.1 Å². The average molecular weight is 559 g/mol. The highest BCUT2D eigenvalue weighted by atomic mass is 16.5. The second-order valence-corrected chi connectivity index (χ2v) is 10.0. The molecule has 2 aliphatic heterocycles. The summed E-state index contributed by atoms with van der Waals surface area (Å²) in [5.41, 5.74) is 1.96. The van der Waals surface area contributed by atoms with Crippen molar-refractivity contribution in [1.29, 1.82) is 0 Å². The second kappa shape index (κ2) is 12.9. The summed E-state index contributed by atoms with van der Waals surface area (Å²) in [7, 11) is 1.43. The molecule has 0 spiro atoms. The minimum absolute atomic E-state index is 0.00734. The van der Waals surface area contributed by atoms with Crippen LogP contribution < -0.4 is 9.47 Å². The summed E-state index contributed by atoms with van der Waals surface area (Å²) in [5.74, 6) is -0.948. The van der Waals surface area contributed by atoms with Gasteiger partial charge >= 0.3 is 0 Å². The van der Waals surface area contributed by atoms with Crippen molar-refractivity contribution in [3.63, 3.8) is 0 Å². The number of phenols is 1. The lowest BCUT2D eigenvalue weighted by molar-refractivity contribution is -0.140. The number of aliphatic hydroxyl groups is 1. The molecule has 2 saturated heterocycles. The first-order valence-corrected chi connectivity index (χ1v) is 13.7. The predicted molar refractivity (Wildman–Crippen MR) is 153 cm³/mol. The number of aromatic hydroxyl groups is 1. The maximum atomic E-state index is 13.4. The van der Waals surface area contributed by atoms with E-state index in [1.165, 1.54) is 18.1 Å². The Morgan fingerprint density at radius 1 is 0.976 bits per heavy atom. The van der Waals surface area contributed by atoms with E-state index in [1.807, 2.05) is 30.3 Å². The number of hydrogen-bond donors (Lipinski definition) is 2. The maximum Gasteiger partial charge on any atom is 0.295 e. The molecule has 1 amide bonds. The molecule has 0 aromatic heterocycles. The van der Waals surface area contributed by atoms with Crippen molar-refractivity contribution in [2.45, 2.75) is 19.1 Å². The van der Waals surface area contributed by atoms with Crippen LogP contribution in [-0.2, 0) is 20.9 Å². The molecule has 214 valence electrons. The fourth-order valence-corrected chi connectivity index (χ4v) is 5.22. The molecule has 41 heavy (non-hydrogen) atoms. The van der Waals surface area contributed by atoms with Gasteiger partial charge in [0.1, 0.15) is 18.1 Å². The van der Waals surface area contributed by atoms with Gasteiger partial charge in [0.05, 0.1) is 31.9 Å². The van der Waals surface area contributed by atoms with Crippen LogP contribution in [0.15, 0.2) is 78.4 Å². The number of carbonyl (C=O) groups is 2. The Morgan fingerprint density at radius 2 is 1.71 bits per heavy atom. The summed E-state index contributed by atoms with van der Waals surface area (Å²) in [5, 5.41) is 21.6. The number of benzene rings is 3. The van der Waals surface area contributed by atoms with E-state index in [1.54, 1.807) is 36.4 Å². The lowest BCUT2D eigenvalue weighted by Gasteiger charge is -2.29. The molecule has 9 heteroatoms. The standard InChI is InChI=1S/C32H34N2O7/c1-39-27-20-24(10-13-26(27)35)29-28(31(37)32(38)34(29)15-5-14-33-16-18-40-19-17-33)30(36)23-8-11-25(12-9-23)41-21-22-6-3-2-4-7-22/h2-4,6-13,20,29,35-36H,5,14-19,21H2,1H3/b30-28+. The van der Waals surface area contributed by atoms with Crippen molar-refractivity contribution in [3.8, 4) is 17.2 Å². The second-order valence-electron chi connectivity index (χ2n) is 10.0. The van der Waals surface area contributed by atoms with Crippen LogP contribution in [0, 0.1) is 0 Å². The van der Waals surface area contributed by atoms with Crippen molar-refractivity contribution < 1.29 is 34.0 Å². The van der Waals surface area contributed by atoms with Crippen LogP contribution in [0.2, 0.25) is 0 Å². The van der Waals surface area contributed by atoms with Crippen molar-refractivity contribution in [2.75, 3.05) is 46.5 Å². The number of likely N-dealkylation sites (tertiary alicyclic amines) is 1. The Bertz CT molecular complexity index is 1400. The highest BCUT2D eigenvalue weighted by Gasteiger charge is 2.46. The van der Waals surface area contributed by atoms with Gasteiger partial charge in [-0.05, 0) is 53.9 Å². The smallest absolute Gasteiger partial charge is 0.295 e. The molecule has 3 aromatic carbocycles. The van der Waals surface area contributed by atoms with E-state index >= 15 is 0 Å². The number of ether oxygens (including phenoxy) is 3. The quantitative estimate of drug-likeness (QED) is 0.217. The third kappa shape index (κ3) is 6.37. The lowest BCUT2D eigenvalue weighted by Crippen LogP contribution is -2.38. The topological polar surface area (TPSA) is 109 Å². The summed E-state index contributed by atoms with van der Waals surface area (Å²) in [4.78, 5) is 30.5. The molecule has 2 aliphatic rings. The minimum Gasteiger partial charge on any atom is -0.507 e. The summed E-state index contributed by atoms with van der Waals surface area (Å²) in [6.45, 7) is 4.46. The van der Waals surface area contributed by atoms with Crippen LogP contribution in [0.4, 0.5) is 0 Å². The number of rotatable bonds is 10. The molecule has 0 saturated carbocycles. The molecule has 2 fully saturated rings. The number of phenolic OH excluding ortho intramolecular Hbond substituents is 1. The van der Waals surface area contributed by atoms with Crippen LogP contribution in [0.1, 0.15) is 29.2 Å². The zero-order chi connectivity index (χ0) is 28.8. The molecule has 0 aliphatic carbocycles. The lowest BCUT2D eigenvalue weighted by atomic mass is 9.95. The maximum absolute atomic E-state index is 13.4. The molecule has 9 nitrogen and oxygen atoms in total. The fraction of sp³-hybridized carbons (Fsp3) is 0.312. The Labute approximate surface area is 239 Å². The number of methoxy groups -OCH3 is 1. The number of aliphatic hydroxyl groups excluding tert-OH is 1. The molecule has 1 unspecified atom stereocenters. The van der Waals surface area contributed by atoms with Gasteiger partial charge in [0, 0.05) is 31.7 Å². The normalized spacial score (nSPS) is 19.0. The van der Waals surface area contributed by atoms with E-state index in [0.717, 1.165) is 25.2 Å². The van der Waals surface area contributed by atoms with Gasteiger partial charge in [-0.1, -0.05) is 36.4 Å². The molecular formula is C32H34N2O7. The SMILES string of the molecule is COc1cc(C2/C(=C(\O)c3ccc(OCc4ccccc4)cc3)C(=O)C(=O)N2CCCN2CCOCC2)ccc1O. The van der Waals surface area contributed by atoms with Gasteiger partial charge < -0.3 is 29.3 Å². The van der Waals surface area contributed by atoms with Gasteiger partial charge in [-0.15, -0.1) is 0 Å². The molecule has 3 aromatic rings. The van der Waals surface area contributed by atoms with Crippen molar-refractivity contribution in [2.24, 2.45) is 0 Å². The van der Waals surface area contributed by atoms with E-state index in [9.17, 15) is 19.8 Å². The molecule has 2 heterocycles. The van der Waals surface area contributed by atoms with Gasteiger partial charge in [-0.25, -0.2) is 0 Å². The number of Topliss-reactive ketones (excluding diaryl/α,β-unsaturated/α-hetero) is 1. The first-order chi connectivity index (χ1) is 20.0. The van der Waals surface area contributed by atoms with Crippen LogP contribution in [0.3, 0.4) is 0 Å². The van der Waals surface area contributed by atoms with E-state index in [0.29, 0.717) is 49.7 Å². The van der Waals surface area contributed by atoms with Gasteiger partial charge in [-0.3, -0.25) is 14.5 Å². The molecule has 2 N–H and O–H groups in total. The predicted octanol–water partition coefficient (Wildman–Crippen LogP) is 4.12. The zero-order valence-electron chi connectivity index (χ0n) is 23.0. The van der Waals surface area contributed by atoms with E-state index in [4.69, 9.17) is 14.2 Å². The number of morpholine rings is 1. The summed E-state index contributed by atoms with van der Waals surface area (Å²) in [6.07, 6.45) is 0.645. The van der Waals surface area contributed by atoms with Gasteiger partial charge in [-0.2, -0.15) is 0 Å². The Kier molecular flexibility index (Phi) is 8.86. The fourth-order valence-electron chi connectivity index (χ4n) is 5.22. The van der Waals surface area contributed by atoms with E-state index in [2.05, 4.69) is 4.90 Å². The van der Waals surface area contributed by atoms with Crippen molar-refractivity contribution >= 4 is 17.4 Å². The Balaban J connectivity index is 1.42. The van der Waals surface area contributed by atoms with E-state index in [-0.39, 0.29) is 22.8 Å². The monoisotopic (exact) mass is 558 g/mol. The number of carbonyl (C=O) groups excluding carboxylic acids is 2. The first kappa shape index (κ1) is 28.2.